The summed E-state index contributed by atoms with van der Waals surface area (Å²) in [6.45, 7) is 4.38. The number of fused-ring (bicyclic) bond motifs is 3. The second kappa shape index (κ2) is 13.5. The molecule has 0 fully saturated rings. The quantitative estimate of drug-likeness (QED) is 0.166. The third-order valence-corrected chi connectivity index (χ3v) is 7.10. The van der Waals surface area contributed by atoms with Gasteiger partial charge in [0.25, 0.3) is 0 Å². The van der Waals surface area contributed by atoms with E-state index < -0.39 is 0 Å². The van der Waals surface area contributed by atoms with Crippen LogP contribution in [0.3, 0.4) is 0 Å². The first-order valence-corrected chi connectivity index (χ1v) is 13.9. The number of hydrogen-bond acceptors (Lipinski definition) is 3. The van der Waals surface area contributed by atoms with E-state index in [0.29, 0.717) is 5.92 Å². The Hall–Kier alpha value is -4.37. The minimum absolute atomic E-state index is 0. The molecule has 0 saturated carbocycles. The van der Waals surface area contributed by atoms with Crippen LogP contribution >= 0.6 is 0 Å². The third kappa shape index (κ3) is 6.74. The van der Waals surface area contributed by atoms with Crippen LogP contribution in [0.15, 0.2) is 132 Å². The van der Waals surface area contributed by atoms with Crippen molar-refractivity contribution < 1.29 is 24.5 Å². The molecule has 0 atom stereocenters. The maximum atomic E-state index is 5.85. The molecule has 0 aliphatic carbocycles. The molecule has 3 nitrogen and oxygen atoms in total. The van der Waals surface area contributed by atoms with Crippen LogP contribution in [0.4, 0.5) is 0 Å². The van der Waals surface area contributed by atoms with Gasteiger partial charge in [-0.2, -0.15) is 0 Å². The number of benzene rings is 4. The summed E-state index contributed by atoms with van der Waals surface area (Å²) in [6, 6.07) is 45.4. The van der Waals surface area contributed by atoms with E-state index in [1.54, 1.807) is 0 Å². The van der Waals surface area contributed by atoms with E-state index >= 15 is 0 Å². The number of para-hydroxylation sites is 1. The van der Waals surface area contributed by atoms with E-state index in [1.807, 2.05) is 67.0 Å². The number of furan rings is 1. The molecule has 3 aromatic heterocycles. The number of nitrogens with zero attached hydrogens (tertiary/aromatic N) is 2. The summed E-state index contributed by atoms with van der Waals surface area (Å²) >= 11 is 0. The van der Waals surface area contributed by atoms with Gasteiger partial charge >= 0.3 is 0 Å². The van der Waals surface area contributed by atoms with Crippen molar-refractivity contribution in [1.29, 1.82) is 0 Å². The van der Waals surface area contributed by atoms with Gasteiger partial charge in [0.15, 0.2) is 0 Å². The molecular formula is C38H30IrN2O-2. The van der Waals surface area contributed by atoms with E-state index in [4.69, 9.17) is 4.42 Å². The zero-order valence-electron chi connectivity index (χ0n) is 23.5. The van der Waals surface area contributed by atoms with Crippen LogP contribution in [0.5, 0.6) is 0 Å². The Labute approximate surface area is 260 Å². The molecule has 0 spiro atoms. The van der Waals surface area contributed by atoms with Crippen molar-refractivity contribution in [2.45, 2.75) is 26.2 Å². The first-order valence-electron chi connectivity index (χ1n) is 13.9. The molecule has 7 aromatic rings. The second-order valence-corrected chi connectivity index (χ2v) is 10.3. The molecule has 0 N–H and O–H groups in total. The summed E-state index contributed by atoms with van der Waals surface area (Å²) < 4.78 is 5.85. The maximum Gasteiger partial charge on any atom is 0.120 e. The molecule has 4 aromatic carbocycles. The Morgan fingerprint density at radius 1 is 0.667 bits per heavy atom. The fraction of sp³-hybridized carbons (Fsp3) is 0.105. The molecule has 0 unspecified atom stereocenters. The Morgan fingerprint density at radius 3 is 2.24 bits per heavy atom. The van der Waals surface area contributed by atoms with Gasteiger partial charge in [-0.15, -0.1) is 59.7 Å². The van der Waals surface area contributed by atoms with E-state index in [1.165, 1.54) is 16.7 Å². The van der Waals surface area contributed by atoms with E-state index in [0.717, 1.165) is 50.9 Å². The average molecular weight is 723 g/mol. The average Bonchev–Trinajstić information content (AvgIpc) is 3.41. The van der Waals surface area contributed by atoms with Gasteiger partial charge in [-0.3, -0.25) is 0 Å². The van der Waals surface area contributed by atoms with Crippen LogP contribution in [-0.4, -0.2) is 9.97 Å². The number of aromatic nitrogens is 2. The monoisotopic (exact) mass is 723 g/mol. The van der Waals surface area contributed by atoms with Gasteiger partial charge in [0.1, 0.15) is 5.58 Å². The zero-order valence-corrected chi connectivity index (χ0v) is 25.9. The third-order valence-electron chi connectivity index (χ3n) is 7.10. The minimum Gasteiger partial charge on any atom is -0.500 e. The Kier molecular flexibility index (Phi) is 9.38. The molecule has 7 rings (SSSR count). The molecule has 0 amide bonds. The Bertz CT molecular complexity index is 1880. The number of pyridine rings is 2. The number of hydrogen-bond donors (Lipinski definition) is 0. The second-order valence-electron chi connectivity index (χ2n) is 10.3. The van der Waals surface area contributed by atoms with Gasteiger partial charge in [-0.25, -0.2) is 0 Å². The van der Waals surface area contributed by atoms with Gasteiger partial charge in [-0.05, 0) is 47.0 Å². The summed E-state index contributed by atoms with van der Waals surface area (Å²) in [5.74, 6) is 0.486. The molecule has 42 heavy (non-hydrogen) atoms. The van der Waals surface area contributed by atoms with E-state index in [2.05, 4.69) is 96.6 Å². The Balaban J connectivity index is 0.000000166. The maximum absolute atomic E-state index is 5.85. The van der Waals surface area contributed by atoms with Gasteiger partial charge in [-0.1, -0.05) is 91.5 Å². The summed E-state index contributed by atoms with van der Waals surface area (Å²) in [5.41, 5.74) is 9.56. The molecule has 4 heteroatoms. The van der Waals surface area contributed by atoms with Crippen LogP contribution in [-0.2, 0) is 26.5 Å². The van der Waals surface area contributed by atoms with Gasteiger partial charge < -0.3 is 14.4 Å². The van der Waals surface area contributed by atoms with Crippen molar-refractivity contribution in [3.05, 3.63) is 156 Å². The molecule has 0 bridgehead atoms. The van der Waals surface area contributed by atoms with Gasteiger partial charge in [0.2, 0.25) is 0 Å². The molecule has 0 aliphatic rings. The SMILES string of the molecule is CC(C)c1ccnc(-c2[c-]cc3oc4ccccc4c3c2)c1.[Ir].[c-]1ccccc1-c1ccc(Cc2ccccc2)cn1. The van der Waals surface area contributed by atoms with Crippen LogP contribution in [0.25, 0.3) is 44.5 Å². The fourth-order valence-electron chi connectivity index (χ4n) is 4.84. The minimum atomic E-state index is 0. The molecule has 1 radical (unpaired) electrons. The molecular weight excluding hydrogens is 693 g/mol. The normalized spacial score (nSPS) is 10.7. The van der Waals surface area contributed by atoms with Crippen molar-refractivity contribution in [1.82, 2.24) is 9.97 Å². The first kappa shape index (κ1) is 29.1. The summed E-state index contributed by atoms with van der Waals surface area (Å²) in [5, 5.41) is 2.24. The van der Waals surface area contributed by atoms with Crippen molar-refractivity contribution in [3.63, 3.8) is 0 Å². The first-order chi connectivity index (χ1) is 20.1. The largest absolute Gasteiger partial charge is 0.500 e. The van der Waals surface area contributed by atoms with Crippen LogP contribution in [0.2, 0.25) is 0 Å². The topological polar surface area (TPSA) is 38.9 Å². The molecule has 209 valence electrons. The molecule has 0 aliphatic heterocycles. The van der Waals surface area contributed by atoms with Crippen molar-refractivity contribution in [3.8, 4) is 22.5 Å². The van der Waals surface area contributed by atoms with Crippen molar-refractivity contribution in [2.75, 3.05) is 0 Å². The van der Waals surface area contributed by atoms with Crippen LogP contribution < -0.4 is 0 Å². The van der Waals surface area contributed by atoms with Crippen LogP contribution in [0.1, 0.15) is 36.5 Å². The molecule has 0 saturated heterocycles. The van der Waals surface area contributed by atoms with Crippen molar-refractivity contribution >= 4 is 21.9 Å². The number of rotatable bonds is 5. The van der Waals surface area contributed by atoms with Gasteiger partial charge in [0, 0.05) is 37.9 Å². The van der Waals surface area contributed by atoms with E-state index in [9.17, 15) is 0 Å². The molecule has 3 heterocycles. The summed E-state index contributed by atoms with van der Waals surface area (Å²) in [4.78, 5) is 9.02. The smallest absolute Gasteiger partial charge is 0.120 e. The Morgan fingerprint density at radius 2 is 1.48 bits per heavy atom. The van der Waals surface area contributed by atoms with Gasteiger partial charge in [0.05, 0.1) is 5.58 Å². The van der Waals surface area contributed by atoms with Crippen molar-refractivity contribution in [2.24, 2.45) is 0 Å². The predicted molar refractivity (Wildman–Crippen MR) is 168 cm³/mol. The summed E-state index contributed by atoms with van der Waals surface area (Å²) in [6.07, 6.45) is 4.74. The van der Waals surface area contributed by atoms with Crippen LogP contribution in [0, 0.1) is 12.1 Å². The zero-order chi connectivity index (χ0) is 28.0. The standard InChI is InChI=1S/C20H16NO.C18H14N.Ir/c1-13(2)14-9-10-21-18(12-14)15-7-8-20-17(11-15)16-5-3-4-6-19(16)22-20;1-3-7-15(8-4-1)13-16-11-12-18(19-14-16)17-9-5-2-6-10-17;/h3-6,8-13H,1-2H3;1-9,11-12,14H,13H2;/q2*-1;. The fourth-order valence-corrected chi connectivity index (χ4v) is 4.84. The predicted octanol–water partition coefficient (Wildman–Crippen LogP) is 9.71. The summed E-state index contributed by atoms with van der Waals surface area (Å²) in [7, 11) is 0. The van der Waals surface area contributed by atoms with E-state index in [-0.39, 0.29) is 20.1 Å².